The number of aromatic nitrogens is 4. The van der Waals surface area contributed by atoms with Crippen LogP contribution in [-0.2, 0) is 17.9 Å². The topological polar surface area (TPSA) is 118 Å². The van der Waals surface area contributed by atoms with Crippen molar-refractivity contribution >= 4 is 40.7 Å². The minimum Gasteiger partial charge on any atom is -0.383 e. The van der Waals surface area contributed by atoms with Crippen molar-refractivity contribution in [2.24, 2.45) is 0 Å². The summed E-state index contributed by atoms with van der Waals surface area (Å²) in [5.74, 6) is -0.564. The van der Waals surface area contributed by atoms with Gasteiger partial charge in [0.1, 0.15) is 11.5 Å². The number of anilines is 2. The first kappa shape index (κ1) is 24.0. The molecule has 10 heteroatoms. The van der Waals surface area contributed by atoms with E-state index in [1.807, 2.05) is 49.4 Å². The number of H-pyrrole nitrogens is 1. The summed E-state index contributed by atoms with van der Waals surface area (Å²) in [5, 5.41) is 0.236. The first-order valence-electron chi connectivity index (χ1n) is 11.2. The standard InChI is InChI=1S/C25H25ClN6O3/c1-2-3-14-31-23(27)21(24(34)29-25(31)35)32(16-17-9-5-4-6-10-17)20(33)13-12-18-22(26)28-19-11-7-8-15-30(18)19/h4-13,15H,2-3,14,16,27H2,1H3,(H,29,34,35)/b13-12+. The number of fused-ring (bicyclic) bond motifs is 1. The second-order valence-electron chi connectivity index (χ2n) is 7.96. The lowest BCUT2D eigenvalue weighted by molar-refractivity contribution is -0.114. The molecule has 0 saturated carbocycles. The maximum atomic E-state index is 13.5. The Labute approximate surface area is 206 Å². The molecule has 0 fully saturated rings. The summed E-state index contributed by atoms with van der Waals surface area (Å²) in [4.78, 5) is 46.6. The van der Waals surface area contributed by atoms with Crippen molar-refractivity contribution in [1.29, 1.82) is 0 Å². The van der Waals surface area contributed by atoms with Crippen LogP contribution in [0.5, 0.6) is 0 Å². The number of nitrogen functional groups attached to an aromatic ring is 1. The van der Waals surface area contributed by atoms with E-state index in [9.17, 15) is 14.4 Å². The third kappa shape index (κ3) is 5.04. The van der Waals surface area contributed by atoms with Crippen LogP contribution < -0.4 is 21.9 Å². The number of nitrogens with two attached hydrogens (primary N) is 1. The average Bonchev–Trinajstić information content (AvgIpc) is 3.17. The van der Waals surface area contributed by atoms with Crippen LogP contribution in [-0.4, -0.2) is 24.8 Å². The van der Waals surface area contributed by atoms with Gasteiger partial charge in [-0.3, -0.25) is 28.4 Å². The molecule has 0 bridgehead atoms. The van der Waals surface area contributed by atoms with Gasteiger partial charge in [-0.15, -0.1) is 0 Å². The van der Waals surface area contributed by atoms with E-state index in [0.717, 1.165) is 12.0 Å². The number of hydrogen-bond acceptors (Lipinski definition) is 5. The zero-order valence-electron chi connectivity index (χ0n) is 19.1. The quantitative estimate of drug-likeness (QED) is 0.365. The molecule has 4 rings (SSSR count). The number of nitrogens with zero attached hydrogens (tertiary/aromatic N) is 4. The van der Waals surface area contributed by atoms with Crippen molar-refractivity contribution in [1.82, 2.24) is 18.9 Å². The average molecular weight is 493 g/mol. The highest BCUT2D eigenvalue weighted by Gasteiger charge is 2.23. The van der Waals surface area contributed by atoms with Gasteiger partial charge in [0.15, 0.2) is 10.8 Å². The number of unbranched alkanes of at least 4 members (excludes halogenated alkanes) is 1. The molecule has 9 nitrogen and oxygen atoms in total. The van der Waals surface area contributed by atoms with Crippen molar-refractivity contribution in [3.8, 4) is 0 Å². The van der Waals surface area contributed by atoms with Crippen molar-refractivity contribution in [3.05, 3.63) is 98.1 Å². The van der Waals surface area contributed by atoms with E-state index in [-0.39, 0.29) is 23.2 Å². The highest BCUT2D eigenvalue weighted by Crippen LogP contribution is 2.22. The number of benzene rings is 1. The Morgan fingerprint density at radius 1 is 1.17 bits per heavy atom. The molecule has 0 saturated heterocycles. The first-order chi connectivity index (χ1) is 16.9. The number of nitrogens with one attached hydrogen (secondary N) is 1. The Balaban J connectivity index is 1.78. The number of hydrogen-bond donors (Lipinski definition) is 2. The molecule has 0 spiro atoms. The van der Waals surface area contributed by atoms with Crippen LogP contribution in [0.1, 0.15) is 31.0 Å². The van der Waals surface area contributed by atoms with E-state index in [1.165, 1.54) is 15.5 Å². The van der Waals surface area contributed by atoms with Gasteiger partial charge in [-0.1, -0.05) is 61.3 Å². The highest BCUT2D eigenvalue weighted by atomic mass is 35.5. The largest absolute Gasteiger partial charge is 0.383 e. The molecule has 3 aromatic heterocycles. The summed E-state index contributed by atoms with van der Waals surface area (Å²) in [5.41, 5.74) is 6.82. The lowest BCUT2D eigenvalue weighted by Gasteiger charge is -2.23. The van der Waals surface area contributed by atoms with E-state index in [0.29, 0.717) is 24.3 Å². The predicted octanol–water partition coefficient (Wildman–Crippen LogP) is 3.47. The van der Waals surface area contributed by atoms with E-state index >= 15 is 0 Å². The Bertz CT molecular complexity index is 1500. The molecule has 35 heavy (non-hydrogen) atoms. The molecule has 3 N–H and O–H groups in total. The zero-order chi connectivity index (χ0) is 24.9. The van der Waals surface area contributed by atoms with Crippen molar-refractivity contribution in [2.75, 3.05) is 10.6 Å². The van der Waals surface area contributed by atoms with Gasteiger partial charge in [0.05, 0.1) is 12.2 Å². The Morgan fingerprint density at radius 3 is 2.66 bits per heavy atom. The highest BCUT2D eigenvalue weighted by molar-refractivity contribution is 6.31. The number of carbonyl (C=O) groups excluding carboxylic acids is 1. The summed E-state index contributed by atoms with van der Waals surface area (Å²) < 4.78 is 3.04. The summed E-state index contributed by atoms with van der Waals surface area (Å²) in [6, 6.07) is 14.7. The molecule has 0 aliphatic rings. The lowest BCUT2D eigenvalue weighted by Crippen LogP contribution is -2.40. The normalized spacial score (nSPS) is 11.4. The number of amides is 1. The lowest BCUT2D eigenvalue weighted by atomic mass is 10.2. The monoisotopic (exact) mass is 492 g/mol. The molecule has 0 aliphatic carbocycles. The van der Waals surface area contributed by atoms with Crippen molar-refractivity contribution in [2.45, 2.75) is 32.9 Å². The van der Waals surface area contributed by atoms with Gasteiger partial charge in [0.2, 0.25) is 0 Å². The second-order valence-corrected chi connectivity index (χ2v) is 8.32. The minimum absolute atomic E-state index is 0.0577. The molecule has 1 aromatic carbocycles. The fraction of sp³-hybridized carbons (Fsp3) is 0.200. The summed E-state index contributed by atoms with van der Waals surface area (Å²) in [6.45, 7) is 2.38. The second kappa shape index (κ2) is 10.4. The fourth-order valence-electron chi connectivity index (χ4n) is 3.78. The van der Waals surface area contributed by atoms with Gasteiger partial charge in [-0.25, -0.2) is 9.78 Å². The van der Waals surface area contributed by atoms with E-state index < -0.39 is 17.2 Å². The summed E-state index contributed by atoms with van der Waals surface area (Å²) >= 11 is 6.29. The van der Waals surface area contributed by atoms with Gasteiger partial charge >= 0.3 is 5.69 Å². The maximum Gasteiger partial charge on any atom is 0.330 e. The van der Waals surface area contributed by atoms with Crippen LogP contribution in [0.15, 0.2) is 70.4 Å². The van der Waals surface area contributed by atoms with Gasteiger partial charge in [0, 0.05) is 18.8 Å². The SMILES string of the molecule is CCCCn1c(N)c(N(Cc2ccccc2)C(=O)/C=C/c2c(Cl)nc3ccccn23)c(=O)[nH]c1=O. The number of aromatic amines is 1. The molecule has 0 radical (unpaired) electrons. The van der Waals surface area contributed by atoms with E-state index in [4.69, 9.17) is 17.3 Å². The van der Waals surface area contributed by atoms with Crippen molar-refractivity contribution in [3.63, 3.8) is 0 Å². The maximum absolute atomic E-state index is 13.5. The van der Waals surface area contributed by atoms with Crippen LogP contribution in [0.25, 0.3) is 11.7 Å². The van der Waals surface area contributed by atoms with Crippen LogP contribution in [0, 0.1) is 0 Å². The molecule has 3 heterocycles. The number of halogens is 1. The Hall–Kier alpha value is -4.11. The third-order valence-corrected chi connectivity index (χ3v) is 5.85. The molecule has 180 valence electrons. The Morgan fingerprint density at radius 2 is 1.91 bits per heavy atom. The van der Waals surface area contributed by atoms with Crippen LogP contribution in [0.2, 0.25) is 5.15 Å². The van der Waals surface area contributed by atoms with Crippen LogP contribution in [0.4, 0.5) is 11.5 Å². The van der Waals surface area contributed by atoms with Crippen molar-refractivity contribution < 1.29 is 4.79 Å². The number of rotatable bonds is 8. The van der Waals surface area contributed by atoms with E-state index in [1.54, 1.807) is 22.7 Å². The molecular weight excluding hydrogens is 468 g/mol. The summed E-state index contributed by atoms with van der Waals surface area (Å²) in [6.07, 6.45) is 6.16. The fourth-order valence-corrected chi connectivity index (χ4v) is 4.03. The molecule has 1 amide bonds. The molecular formula is C25H25ClN6O3. The molecule has 0 unspecified atom stereocenters. The number of imidazole rings is 1. The smallest absolute Gasteiger partial charge is 0.330 e. The zero-order valence-corrected chi connectivity index (χ0v) is 19.9. The Kier molecular flexibility index (Phi) is 7.17. The molecule has 4 aromatic rings. The van der Waals surface area contributed by atoms with Gasteiger partial charge in [-0.2, -0.15) is 0 Å². The summed E-state index contributed by atoms with van der Waals surface area (Å²) in [7, 11) is 0. The number of pyridine rings is 1. The van der Waals surface area contributed by atoms with E-state index in [2.05, 4.69) is 9.97 Å². The number of carbonyl (C=O) groups is 1. The third-order valence-electron chi connectivity index (χ3n) is 5.57. The van der Waals surface area contributed by atoms with Gasteiger partial charge in [0.25, 0.3) is 11.5 Å². The first-order valence-corrected chi connectivity index (χ1v) is 11.6. The van der Waals surface area contributed by atoms with Crippen LogP contribution in [0.3, 0.4) is 0 Å². The predicted molar refractivity (Wildman–Crippen MR) is 138 cm³/mol. The molecule has 0 aliphatic heterocycles. The molecule has 0 atom stereocenters. The minimum atomic E-state index is -0.731. The van der Waals surface area contributed by atoms with Gasteiger partial charge in [-0.05, 0) is 30.2 Å². The van der Waals surface area contributed by atoms with Crippen LogP contribution >= 0.6 is 11.6 Å². The van der Waals surface area contributed by atoms with Gasteiger partial charge < -0.3 is 5.73 Å².